The zero-order valence-electron chi connectivity index (χ0n) is 16.2. The Hall–Kier alpha value is -4.01. The molecule has 0 aliphatic carbocycles. The molecule has 0 bridgehead atoms. The first-order valence-electron chi connectivity index (χ1n) is 9.66. The average molecular weight is 401 g/mol. The third-order valence-corrected chi connectivity index (χ3v) is 5.32. The molecule has 1 aromatic carbocycles. The highest BCUT2D eigenvalue weighted by Crippen LogP contribution is 2.29. The van der Waals surface area contributed by atoms with Crippen LogP contribution >= 0.6 is 0 Å². The van der Waals surface area contributed by atoms with Gasteiger partial charge in [-0.1, -0.05) is 30.3 Å². The van der Waals surface area contributed by atoms with Gasteiger partial charge in [0.1, 0.15) is 11.4 Å². The normalized spacial score (nSPS) is 14.8. The molecule has 0 saturated carbocycles. The van der Waals surface area contributed by atoms with Crippen molar-refractivity contribution in [2.24, 2.45) is 0 Å². The van der Waals surface area contributed by atoms with Crippen molar-refractivity contribution in [2.75, 3.05) is 18.0 Å². The summed E-state index contributed by atoms with van der Waals surface area (Å²) in [5.74, 6) is 0.460. The van der Waals surface area contributed by atoms with Crippen molar-refractivity contribution in [3.8, 4) is 5.95 Å². The van der Waals surface area contributed by atoms with E-state index in [0.29, 0.717) is 35.6 Å². The summed E-state index contributed by atoms with van der Waals surface area (Å²) in [5, 5.41) is 2.89. The monoisotopic (exact) mass is 401 g/mol. The Balaban J connectivity index is 1.68. The van der Waals surface area contributed by atoms with Gasteiger partial charge in [0.2, 0.25) is 5.95 Å². The highest BCUT2D eigenvalue weighted by atomic mass is 16.2. The van der Waals surface area contributed by atoms with Crippen molar-refractivity contribution < 1.29 is 4.79 Å². The lowest BCUT2D eigenvalue weighted by Crippen LogP contribution is -2.32. The van der Waals surface area contributed by atoms with Crippen molar-refractivity contribution in [3.63, 3.8) is 0 Å². The van der Waals surface area contributed by atoms with E-state index in [-0.39, 0.29) is 23.6 Å². The molecular formula is C21H19N7O2. The Bertz CT molecular complexity index is 1300. The lowest BCUT2D eigenvalue weighted by Gasteiger charge is -2.30. The fourth-order valence-electron chi connectivity index (χ4n) is 3.77. The van der Waals surface area contributed by atoms with Crippen molar-refractivity contribution in [1.29, 1.82) is 0 Å². The predicted molar refractivity (Wildman–Crippen MR) is 112 cm³/mol. The summed E-state index contributed by atoms with van der Waals surface area (Å²) in [5.41, 5.74) is 2.12. The second kappa shape index (κ2) is 7.11. The molecule has 4 aromatic rings. The van der Waals surface area contributed by atoms with E-state index in [1.165, 1.54) is 10.8 Å². The van der Waals surface area contributed by atoms with Crippen LogP contribution in [-0.4, -0.2) is 43.5 Å². The van der Waals surface area contributed by atoms with Gasteiger partial charge < -0.3 is 10.2 Å². The lowest BCUT2D eigenvalue weighted by atomic mass is 10.1. The fraction of sp³-hybridized carbons (Fsp3) is 0.190. The number of aromatic amines is 1. The number of fused-ring (bicyclic) bond motifs is 2. The standard InChI is InChI=1S/C21H19N7O2/c1-13(14-6-3-2-4-7-14)27-11-10-23-19(29)15-12-24-20(26-18(15)27)28-16-8-5-9-22-17(16)25-21(28)30/h2-9,12-13H,10-11H2,1H3,(H,23,29)(H,22,25,30)/t13-/m0/s1. The number of nitrogens with one attached hydrogen (secondary N) is 2. The van der Waals surface area contributed by atoms with E-state index in [0.717, 1.165) is 5.56 Å². The van der Waals surface area contributed by atoms with Gasteiger partial charge in [0.15, 0.2) is 5.65 Å². The SMILES string of the molecule is C[C@@H](c1ccccc1)N1CCNC(=O)c2cnc(-n3c(=O)[nH]c4ncccc43)nc21. The van der Waals surface area contributed by atoms with Crippen molar-refractivity contribution in [2.45, 2.75) is 13.0 Å². The van der Waals surface area contributed by atoms with Gasteiger partial charge in [-0.15, -0.1) is 0 Å². The van der Waals surface area contributed by atoms with Crippen molar-refractivity contribution in [1.82, 2.24) is 29.8 Å². The van der Waals surface area contributed by atoms with E-state index in [4.69, 9.17) is 0 Å². The van der Waals surface area contributed by atoms with Gasteiger partial charge in [-0.3, -0.25) is 9.78 Å². The Morgan fingerprint density at radius 3 is 2.73 bits per heavy atom. The zero-order valence-corrected chi connectivity index (χ0v) is 16.2. The summed E-state index contributed by atoms with van der Waals surface area (Å²) in [6, 6.07) is 13.5. The summed E-state index contributed by atoms with van der Waals surface area (Å²) >= 11 is 0. The van der Waals surface area contributed by atoms with E-state index in [1.54, 1.807) is 18.3 Å². The quantitative estimate of drug-likeness (QED) is 0.542. The molecule has 1 aliphatic heterocycles. The largest absolute Gasteiger partial charge is 0.350 e. The second-order valence-electron chi connectivity index (χ2n) is 7.08. The van der Waals surface area contributed by atoms with Gasteiger partial charge in [0.25, 0.3) is 5.91 Å². The molecule has 0 radical (unpaired) electrons. The molecule has 1 amide bonds. The Labute approximate surface area is 171 Å². The summed E-state index contributed by atoms with van der Waals surface area (Å²) < 4.78 is 1.37. The van der Waals surface area contributed by atoms with Crippen LogP contribution in [0.3, 0.4) is 0 Å². The van der Waals surface area contributed by atoms with Crippen LogP contribution in [0.4, 0.5) is 5.82 Å². The Morgan fingerprint density at radius 2 is 1.90 bits per heavy atom. The molecule has 30 heavy (non-hydrogen) atoms. The number of hydrogen-bond donors (Lipinski definition) is 2. The van der Waals surface area contributed by atoms with E-state index in [9.17, 15) is 9.59 Å². The number of hydrogen-bond acceptors (Lipinski definition) is 6. The van der Waals surface area contributed by atoms with Crippen LogP contribution in [0.5, 0.6) is 0 Å². The minimum atomic E-state index is -0.385. The molecule has 9 nitrogen and oxygen atoms in total. The third kappa shape index (κ3) is 2.91. The highest BCUT2D eigenvalue weighted by Gasteiger charge is 2.28. The number of benzene rings is 1. The number of aromatic nitrogens is 5. The molecule has 2 N–H and O–H groups in total. The molecule has 5 rings (SSSR count). The molecule has 0 saturated heterocycles. The van der Waals surface area contributed by atoms with Crippen LogP contribution in [0, 0.1) is 0 Å². The molecule has 150 valence electrons. The highest BCUT2D eigenvalue weighted by molar-refractivity contribution is 5.99. The number of pyridine rings is 1. The number of imidazole rings is 1. The van der Waals surface area contributed by atoms with Gasteiger partial charge in [-0.05, 0) is 24.6 Å². The molecule has 0 spiro atoms. The number of anilines is 1. The van der Waals surface area contributed by atoms with Crippen LogP contribution < -0.4 is 15.9 Å². The van der Waals surface area contributed by atoms with Gasteiger partial charge in [0.05, 0.1) is 11.6 Å². The van der Waals surface area contributed by atoms with E-state index < -0.39 is 0 Å². The first kappa shape index (κ1) is 18.0. The number of H-pyrrole nitrogens is 1. The number of carbonyl (C=O) groups is 1. The molecular weight excluding hydrogens is 382 g/mol. The van der Waals surface area contributed by atoms with Gasteiger partial charge in [-0.2, -0.15) is 4.98 Å². The van der Waals surface area contributed by atoms with Crippen LogP contribution in [0.15, 0.2) is 59.7 Å². The van der Waals surface area contributed by atoms with Gasteiger partial charge >= 0.3 is 5.69 Å². The van der Waals surface area contributed by atoms with Crippen molar-refractivity contribution in [3.05, 3.63) is 76.5 Å². The Kier molecular flexibility index (Phi) is 4.27. The molecule has 9 heteroatoms. The maximum atomic E-state index is 12.6. The van der Waals surface area contributed by atoms with E-state index in [1.807, 2.05) is 30.3 Å². The maximum absolute atomic E-state index is 12.6. The third-order valence-electron chi connectivity index (χ3n) is 5.32. The van der Waals surface area contributed by atoms with Crippen LogP contribution in [0.1, 0.15) is 28.9 Å². The molecule has 1 aliphatic rings. The van der Waals surface area contributed by atoms with Gasteiger partial charge in [0, 0.05) is 25.5 Å². The first-order chi connectivity index (χ1) is 14.6. The van der Waals surface area contributed by atoms with Crippen LogP contribution in [-0.2, 0) is 0 Å². The predicted octanol–water partition coefficient (Wildman–Crippen LogP) is 1.81. The topological polar surface area (TPSA) is 109 Å². The summed E-state index contributed by atoms with van der Waals surface area (Å²) in [6.07, 6.45) is 3.08. The lowest BCUT2D eigenvalue weighted by molar-refractivity contribution is 0.0957. The van der Waals surface area contributed by atoms with E-state index in [2.05, 4.69) is 37.1 Å². The summed E-state index contributed by atoms with van der Waals surface area (Å²) in [4.78, 5) is 43.1. The minimum Gasteiger partial charge on any atom is -0.350 e. The number of nitrogens with zero attached hydrogens (tertiary/aromatic N) is 5. The molecule has 3 aromatic heterocycles. The number of amides is 1. The molecule has 1 atom stereocenters. The number of carbonyl (C=O) groups excluding carboxylic acids is 1. The summed E-state index contributed by atoms with van der Waals surface area (Å²) in [7, 11) is 0. The fourth-order valence-corrected chi connectivity index (χ4v) is 3.77. The van der Waals surface area contributed by atoms with E-state index >= 15 is 0 Å². The average Bonchev–Trinajstić information content (AvgIpc) is 3.02. The van der Waals surface area contributed by atoms with Gasteiger partial charge in [-0.25, -0.2) is 19.3 Å². The number of rotatable bonds is 3. The first-order valence-corrected chi connectivity index (χ1v) is 9.66. The van der Waals surface area contributed by atoms with Crippen molar-refractivity contribution >= 4 is 22.9 Å². The smallest absolute Gasteiger partial charge is 0.334 e. The van der Waals surface area contributed by atoms with Crippen LogP contribution in [0.2, 0.25) is 0 Å². The molecule has 0 unspecified atom stereocenters. The zero-order chi connectivity index (χ0) is 20.7. The Morgan fingerprint density at radius 1 is 1.07 bits per heavy atom. The second-order valence-corrected chi connectivity index (χ2v) is 7.08. The molecule has 0 fully saturated rings. The minimum absolute atomic E-state index is 0.0262. The molecule has 4 heterocycles. The van der Waals surface area contributed by atoms with Crippen LogP contribution in [0.25, 0.3) is 17.1 Å². The summed E-state index contributed by atoms with van der Waals surface area (Å²) in [6.45, 7) is 3.13. The maximum Gasteiger partial charge on any atom is 0.334 e.